The maximum absolute atomic E-state index is 6.42. The van der Waals surface area contributed by atoms with Crippen molar-refractivity contribution < 1.29 is 0 Å². The summed E-state index contributed by atoms with van der Waals surface area (Å²) in [5.74, 6) is 2.98. The van der Waals surface area contributed by atoms with Crippen LogP contribution in [0, 0.1) is 31.6 Å². The summed E-state index contributed by atoms with van der Waals surface area (Å²) >= 11 is 0. The largest absolute Gasteiger partial charge is 0.323 e. The zero-order valence-corrected chi connectivity index (χ0v) is 13.8. The predicted octanol–water partition coefficient (Wildman–Crippen LogP) is 3.67. The van der Waals surface area contributed by atoms with E-state index in [1.807, 2.05) is 0 Å². The molecule has 0 saturated heterocycles. The van der Waals surface area contributed by atoms with Gasteiger partial charge in [-0.25, -0.2) is 0 Å². The third-order valence-corrected chi connectivity index (χ3v) is 5.90. The van der Waals surface area contributed by atoms with Crippen LogP contribution in [-0.2, 0) is 0 Å². The van der Waals surface area contributed by atoms with Crippen molar-refractivity contribution in [2.24, 2.45) is 23.5 Å². The number of hydrogen-bond acceptors (Lipinski definition) is 2. The molecule has 4 unspecified atom stereocenters. The fourth-order valence-electron chi connectivity index (χ4n) is 4.51. The molecule has 116 valence electrons. The first-order valence-corrected chi connectivity index (χ1v) is 8.54. The minimum absolute atomic E-state index is 0.132. The van der Waals surface area contributed by atoms with E-state index < -0.39 is 0 Å². The molecule has 3 rings (SSSR count). The lowest BCUT2D eigenvalue weighted by Crippen LogP contribution is -2.34. The van der Waals surface area contributed by atoms with Crippen LogP contribution in [0.2, 0.25) is 0 Å². The highest BCUT2D eigenvalue weighted by molar-refractivity contribution is 5.31. The quantitative estimate of drug-likeness (QED) is 0.895. The van der Waals surface area contributed by atoms with E-state index in [1.165, 1.54) is 48.9 Å². The molecule has 21 heavy (non-hydrogen) atoms. The lowest BCUT2D eigenvalue weighted by molar-refractivity contribution is 0.212. The summed E-state index contributed by atoms with van der Waals surface area (Å²) in [6, 6.07) is 6.78. The van der Waals surface area contributed by atoms with Crippen molar-refractivity contribution >= 4 is 0 Å². The molecule has 2 aliphatic rings. The Hall–Kier alpha value is -0.860. The summed E-state index contributed by atoms with van der Waals surface area (Å²) < 4.78 is 0. The van der Waals surface area contributed by atoms with Gasteiger partial charge in [-0.1, -0.05) is 24.6 Å². The number of likely N-dealkylation sites (N-methyl/N-ethyl adjacent to an activating group) is 1. The molecule has 2 heteroatoms. The maximum atomic E-state index is 6.42. The highest BCUT2D eigenvalue weighted by Gasteiger charge is 2.39. The van der Waals surface area contributed by atoms with Crippen LogP contribution in [0.15, 0.2) is 18.2 Å². The van der Waals surface area contributed by atoms with E-state index in [9.17, 15) is 0 Å². The Bertz CT molecular complexity index is 496. The van der Waals surface area contributed by atoms with Gasteiger partial charge >= 0.3 is 0 Å². The van der Waals surface area contributed by atoms with E-state index in [4.69, 9.17) is 5.73 Å². The van der Waals surface area contributed by atoms with E-state index >= 15 is 0 Å². The Morgan fingerprint density at radius 1 is 1.19 bits per heavy atom. The van der Waals surface area contributed by atoms with Crippen LogP contribution in [0.4, 0.5) is 0 Å². The highest BCUT2D eigenvalue weighted by Crippen LogP contribution is 2.48. The van der Waals surface area contributed by atoms with Crippen LogP contribution < -0.4 is 5.73 Å². The zero-order chi connectivity index (χ0) is 15.0. The number of aryl methyl sites for hydroxylation is 2. The summed E-state index contributed by atoms with van der Waals surface area (Å²) in [6.45, 7) is 6.53. The molecule has 0 heterocycles. The average Bonchev–Trinajstić information content (AvgIpc) is 3.04. The Kier molecular flexibility index (Phi) is 4.37. The first-order valence-electron chi connectivity index (χ1n) is 8.54. The number of fused-ring (bicyclic) bond motifs is 2. The number of hydrogen-bond donors (Lipinski definition) is 1. The van der Waals surface area contributed by atoms with Crippen molar-refractivity contribution in [1.82, 2.24) is 4.90 Å². The van der Waals surface area contributed by atoms with Crippen molar-refractivity contribution in [3.63, 3.8) is 0 Å². The van der Waals surface area contributed by atoms with Crippen LogP contribution in [0.5, 0.6) is 0 Å². The molecule has 2 nitrogen and oxygen atoms in total. The molecule has 4 atom stereocenters. The van der Waals surface area contributed by atoms with Crippen LogP contribution >= 0.6 is 0 Å². The molecule has 0 spiro atoms. The van der Waals surface area contributed by atoms with E-state index in [0.29, 0.717) is 0 Å². The molecular weight excluding hydrogens is 256 g/mol. The topological polar surface area (TPSA) is 29.3 Å². The molecular formula is C19H30N2. The summed E-state index contributed by atoms with van der Waals surface area (Å²) in [4.78, 5) is 2.46. The number of rotatable bonds is 5. The Morgan fingerprint density at radius 3 is 2.62 bits per heavy atom. The second kappa shape index (κ2) is 6.10. The van der Waals surface area contributed by atoms with Gasteiger partial charge in [0.15, 0.2) is 0 Å². The number of nitrogens with two attached hydrogens (primary N) is 1. The van der Waals surface area contributed by atoms with Crippen LogP contribution in [-0.4, -0.2) is 25.0 Å². The molecule has 2 saturated carbocycles. The molecule has 0 amide bonds. The molecule has 2 aliphatic carbocycles. The van der Waals surface area contributed by atoms with Crippen LogP contribution in [0.3, 0.4) is 0 Å². The Morgan fingerprint density at radius 2 is 2.00 bits per heavy atom. The van der Waals surface area contributed by atoms with Crippen LogP contribution in [0.25, 0.3) is 0 Å². The minimum Gasteiger partial charge on any atom is -0.323 e. The van der Waals surface area contributed by atoms with Gasteiger partial charge in [-0.15, -0.1) is 0 Å². The molecule has 2 bridgehead atoms. The monoisotopic (exact) mass is 286 g/mol. The second-order valence-electron chi connectivity index (χ2n) is 7.61. The molecule has 2 N–H and O–H groups in total. The van der Waals surface area contributed by atoms with E-state index in [0.717, 1.165) is 24.3 Å². The molecule has 0 aliphatic heterocycles. The predicted molar refractivity (Wildman–Crippen MR) is 89.3 cm³/mol. The smallest absolute Gasteiger partial charge is 0.0424 e. The summed E-state index contributed by atoms with van der Waals surface area (Å²) in [5.41, 5.74) is 10.4. The van der Waals surface area contributed by atoms with Crippen molar-refractivity contribution in [2.45, 2.75) is 45.6 Å². The van der Waals surface area contributed by atoms with E-state index in [-0.39, 0.29) is 6.04 Å². The van der Waals surface area contributed by atoms with Crippen LogP contribution in [0.1, 0.15) is 48.4 Å². The number of benzene rings is 1. The Balaban J connectivity index is 1.54. The van der Waals surface area contributed by atoms with Gasteiger partial charge in [0, 0.05) is 19.1 Å². The third-order valence-electron chi connectivity index (χ3n) is 5.90. The average molecular weight is 286 g/mol. The summed E-state index contributed by atoms with van der Waals surface area (Å²) in [6.07, 6.45) is 5.94. The SMILES string of the molecule is Cc1ccc(C(N)CN(C)CC2CC3CCC2C3)cc1C. The van der Waals surface area contributed by atoms with Gasteiger partial charge in [0.25, 0.3) is 0 Å². The maximum Gasteiger partial charge on any atom is 0.0424 e. The lowest BCUT2D eigenvalue weighted by Gasteiger charge is -2.29. The number of nitrogens with zero attached hydrogens (tertiary/aromatic N) is 1. The van der Waals surface area contributed by atoms with Crippen molar-refractivity contribution in [2.75, 3.05) is 20.1 Å². The fraction of sp³-hybridized carbons (Fsp3) is 0.684. The first-order chi connectivity index (χ1) is 10.0. The normalized spacial score (nSPS) is 29.3. The van der Waals surface area contributed by atoms with Gasteiger partial charge in [0.1, 0.15) is 0 Å². The van der Waals surface area contributed by atoms with E-state index in [2.05, 4.69) is 44.0 Å². The zero-order valence-electron chi connectivity index (χ0n) is 13.8. The molecule has 2 fully saturated rings. The third kappa shape index (κ3) is 3.32. The van der Waals surface area contributed by atoms with Crippen molar-refractivity contribution in [3.8, 4) is 0 Å². The molecule has 1 aromatic carbocycles. The summed E-state index contributed by atoms with van der Waals surface area (Å²) in [7, 11) is 2.24. The standard InChI is InChI=1S/C19H30N2/c1-13-4-6-17(8-14(13)2)19(20)12-21(3)11-18-10-15-5-7-16(18)9-15/h4,6,8,15-16,18-19H,5,7,9-12,20H2,1-3H3. The fourth-order valence-corrected chi connectivity index (χ4v) is 4.51. The molecule has 0 aromatic heterocycles. The first kappa shape index (κ1) is 15.1. The van der Waals surface area contributed by atoms with Gasteiger partial charge in [-0.2, -0.15) is 0 Å². The van der Waals surface area contributed by atoms with Crippen molar-refractivity contribution in [3.05, 3.63) is 34.9 Å². The van der Waals surface area contributed by atoms with E-state index in [1.54, 1.807) is 0 Å². The van der Waals surface area contributed by atoms with Crippen molar-refractivity contribution in [1.29, 1.82) is 0 Å². The lowest BCUT2D eigenvalue weighted by atomic mass is 9.88. The Labute approximate surface area is 129 Å². The second-order valence-corrected chi connectivity index (χ2v) is 7.61. The highest BCUT2D eigenvalue weighted by atomic mass is 15.1. The van der Waals surface area contributed by atoms with Gasteiger partial charge < -0.3 is 10.6 Å². The minimum atomic E-state index is 0.132. The van der Waals surface area contributed by atoms with Gasteiger partial charge in [0.2, 0.25) is 0 Å². The molecule has 0 radical (unpaired) electrons. The van der Waals surface area contributed by atoms with Gasteiger partial charge in [-0.05, 0) is 74.6 Å². The summed E-state index contributed by atoms with van der Waals surface area (Å²) in [5, 5.41) is 0. The molecule has 1 aromatic rings. The van der Waals surface area contributed by atoms with Gasteiger partial charge in [0.05, 0.1) is 0 Å². The van der Waals surface area contributed by atoms with Gasteiger partial charge in [-0.3, -0.25) is 0 Å².